The topological polar surface area (TPSA) is 101 Å². The fourth-order valence-electron chi connectivity index (χ4n) is 9.39. The van der Waals surface area contributed by atoms with Crippen LogP contribution in [0.15, 0.2) is 85.2 Å². The van der Waals surface area contributed by atoms with E-state index in [0.717, 1.165) is 92.5 Å². The molecule has 0 aliphatic carbocycles. The Bertz CT molecular complexity index is 2380. The van der Waals surface area contributed by atoms with Gasteiger partial charge in [0.05, 0.1) is 42.6 Å². The Morgan fingerprint density at radius 1 is 0.394 bits per heavy atom. The summed E-state index contributed by atoms with van der Waals surface area (Å²) < 4.78 is 20.4. The van der Waals surface area contributed by atoms with Crippen molar-refractivity contribution in [1.29, 1.82) is 0 Å². The minimum atomic E-state index is 0.647. The van der Waals surface area contributed by atoms with E-state index in [1.165, 1.54) is 154 Å². The third-order valence-corrected chi connectivity index (χ3v) is 13.5. The van der Waals surface area contributed by atoms with Gasteiger partial charge < -0.3 is 29.2 Å². The molecular weight excluding hydrogens is 875 g/mol. The Morgan fingerprint density at radius 2 is 0.789 bits per heavy atom. The van der Waals surface area contributed by atoms with E-state index < -0.39 is 0 Å². The summed E-state index contributed by atoms with van der Waals surface area (Å²) in [6.07, 6.45) is 44.5. The van der Waals surface area contributed by atoms with Crippen LogP contribution in [0.1, 0.15) is 222 Å². The number of rotatable bonds is 34. The molecule has 7 rings (SSSR count). The molecule has 4 aromatic heterocycles. The predicted octanol–water partition coefficient (Wildman–Crippen LogP) is 18.8. The molecule has 0 saturated carbocycles. The van der Waals surface area contributed by atoms with Crippen LogP contribution in [0.25, 0.3) is 45.9 Å². The van der Waals surface area contributed by atoms with Gasteiger partial charge in [0.15, 0.2) is 11.5 Å². The molecule has 8 bridgehead atoms. The van der Waals surface area contributed by atoms with Crippen molar-refractivity contribution in [2.24, 2.45) is 0 Å². The van der Waals surface area contributed by atoms with E-state index >= 15 is 0 Å². The highest BCUT2D eigenvalue weighted by Gasteiger charge is 2.21. The van der Waals surface area contributed by atoms with Gasteiger partial charge in [-0.3, -0.25) is 0 Å². The average molecular weight is 964 g/mol. The van der Waals surface area contributed by atoms with E-state index in [2.05, 4.69) is 115 Å². The van der Waals surface area contributed by atoms with Crippen molar-refractivity contribution < 1.29 is 14.2 Å². The molecule has 6 heterocycles. The van der Waals surface area contributed by atoms with Gasteiger partial charge in [-0.25, -0.2) is 9.97 Å². The molecule has 0 atom stereocenters. The second-order valence-corrected chi connectivity index (χ2v) is 19.8. The van der Waals surface area contributed by atoms with Gasteiger partial charge in [0.1, 0.15) is 0 Å². The second kappa shape index (κ2) is 33.2. The van der Waals surface area contributed by atoms with E-state index in [0.29, 0.717) is 19.8 Å². The number of nitrogens with one attached hydrogen (secondary N) is 3. The van der Waals surface area contributed by atoms with Gasteiger partial charge in [-0.2, -0.15) is 0 Å². The van der Waals surface area contributed by atoms with E-state index in [1.54, 1.807) is 0 Å². The van der Waals surface area contributed by atoms with Crippen molar-refractivity contribution in [3.05, 3.63) is 114 Å². The van der Waals surface area contributed by atoms with Crippen molar-refractivity contribution in [2.45, 2.75) is 194 Å². The summed E-state index contributed by atoms with van der Waals surface area (Å²) in [6.45, 7) is 8.80. The fourth-order valence-corrected chi connectivity index (χ4v) is 9.39. The molecule has 0 saturated heterocycles. The number of nitrogens with zero attached hydrogens (tertiary/aromatic N) is 2. The molecule has 5 aromatic rings. The molecule has 2 aliphatic rings. The van der Waals surface area contributed by atoms with Gasteiger partial charge in [-0.15, -0.1) is 0 Å². The largest absolute Gasteiger partial charge is 0.490 e. The highest BCUT2D eigenvalue weighted by Crippen LogP contribution is 2.43. The molecule has 8 nitrogen and oxygen atoms in total. The maximum absolute atomic E-state index is 6.79. The molecule has 0 amide bonds. The fraction of sp³-hybridized carbons (Fsp3) is 0.524. The lowest BCUT2D eigenvalue weighted by Crippen LogP contribution is -2.07. The predicted molar refractivity (Wildman–Crippen MR) is 302 cm³/mol. The third-order valence-electron chi connectivity index (χ3n) is 13.5. The maximum atomic E-state index is 6.79. The summed E-state index contributed by atoms with van der Waals surface area (Å²) in [7, 11) is 0. The summed E-state index contributed by atoms with van der Waals surface area (Å²) in [6, 6.07) is 25.1. The van der Waals surface area contributed by atoms with Crippen LogP contribution in [0.4, 0.5) is 0 Å². The van der Waals surface area contributed by atoms with Crippen LogP contribution < -0.4 is 14.2 Å². The minimum Gasteiger partial charge on any atom is -0.490 e. The van der Waals surface area contributed by atoms with Gasteiger partial charge in [-0.1, -0.05) is 175 Å². The molecule has 0 spiro atoms. The van der Waals surface area contributed by atoms with Crippen LogP contribution in [-0.2, 0) is 0 Å². The molecular formula is C63H89N5O3. The first-order chi connectivity index (χ1) is 35.1. The van der Waals surface area contributed by atoms with Crippen molar-refractivity contribution in [3.8, 4) is 17.2 Å². The molecule has 0 unspecified atom stereocenters. The van der Waals surface area contributed by atoms with Crippen LogP contribution in [-0.4, -0.2) is 44.7 Å². The molecule has 8 heteroatoms. The Labute approximate surface area is 428 Å². The van der Waals surface area contributed by atoms with Crippen LogP contribution >= 0.6 is 0 Å². The number of unbranched alkanes of at least 4 members (excludes halogenated alkanes) is 24. The Kier molecular flexibility index (Phi) is 25.6. The molecule has 71 heavy (non-hydrogen) atoms. The lowest BCUT2D eigenvalue weighted by atomic mass is 10.0. The zero-order chi connectivity index (χ0) is 49.4. The van der Waals surface area contributed by atoms with E-state index in [9.17, 15) is 0 Å². The van der Waals surface area contributed by atoms with Crippen molar-refractivity contribution in [1.82, 2.24) is 24.9 Å². The first-order valence-electron chi connectivity index (χ1n) is 28.3. The van der Waals surface area contributed by atoms with Gasteiger partial charge >= 0.3 is 0 Å². The van der Waals surface area contributed by atoms with Gasteiger partial charge in [0.2, 0.25) is 5.75 Å². The summed E-state index contributed by atoms with van der Waals surface area (Å²) in [5.41, 5.74) is 9.57. The summed E-state index contributed by atoms with van der Waals surface area (Å²) >= 11 is 0. The number of benzene rings is 1. The van der Waals surface area contributed by atoms with Gasteiger partial charge in [0, 0.05) is 40.0 Å². The number of H-pyrrole nitrogens is 3. The normalized spacial score (nSPS) is 11.9. The zero-order valence-electron chi connectivity index (χ0n) is 44.1. The number of aromatic amines is 3. The maximum Gasteiger partial charge on any atom is 0.203 e. The highest BCUT2D eigenvalue weighted by atomic mass is 16.5. The van der Waals surface area contributed by atoms with Gasteiger partial charge in [-0.05, 0) is 116 Å². The standard InChI is InChI=1S/C59H84N4O3.C4H5N/c1-4-7-10-13-16-19-22-25-28-37-64-57-40-47(41-58(65-38-29-26-23-20-17-14-11-8-5-2)59(57)66-39-30-27-24-21-18-15-12-9-6-3)55-45-54-44-52-34-33-50(61-52)42-48-31-32-49(60-48)43-51-35-36-53(62-51)46-56(55)63-54;1-2-4-5-3-1/h31-36,40-46,60-61H,4-30,37-39H2,1-3H3;1-5H. The van der Waals surface area contributed by atoms with Crippen LogP contribution in [0.5, 0.6) is 17.2 Å². The number of hydrogen-bond donors (Lipinski definition) is 3. The zero-order valence-corrected chi connectivity index (χ0v) is 44.1. The second-order valence-electron chi connectivity index (χ2n) is 19.8. The quantitative estimate of drug-likeness (QED) is 0.0349. The SMILES string of the molecule is CCCCCCCCCCCOc1cc(C2=Cc3cc4ccc(cc5ccc(cc6nc(cc2n3)C=C6)[nH]5)[nH]4)cc(OCCCCCCCCCCC)c1OCCCCCCCCCCC.c1cc[nH]c1. The van der Waals surface area contributed by atoms with E-state index in [1.807, 2.05) is 24.5 Å². The Morgan fingerprint density at radius 3 is 1.23 bits per heavy atom. The highest BCUT2D eigenvalue weighted by molar-refractivity contribution is 5.94. The van der Waals surface area contributed by atoms with Crippen molar-refractivity contribution in [2.75, 3.05) is 19.8 Å². The monoisotopic (exact) mass is 964 g/mol. The van der Waals surface area contributed by atoms with E-state index in [-0.39, 0.29) is 0 Å². The van der Waals surface area contributed by atoms with Crippen molar-refractivity contribution in [3.63, 3.8) is 0 Å². The molecule has 3 N–H and O–H groups in total. The molecule has 1 aromatic carbocycles. The summed E-state index contributed by atoms with van der Waals surface area (Å²) in [5, 5.41) is 0. The molecule has 2 aliphatic heterocycles. The number of hydrogen-bond acceptors (Lipinski definition) is 5. The minimum absolute atomic E-state index is 0.647. The number of ether oxygens (including phenoxy) is 3. The van der Waals surface area contributed by atoms with Crippen molar-refractivity contribution >= 4 is 45.9 Å². The summed E-state index contributed by atoms with van der Waals surface area (Å²) in [5.74, 6) is 2.27. The summed E-state index contributed by atoms with van der Waals surface area (Å²) in [4.78, 5) is 20.2. The first kappa shape index (κ1) is 54.8. The molecule has 384 valence electrons. The number of aromatic nitrogens is 5. The lowest BCUT2D eigenvalue weighted by molar-refractivity contribution is 0.234. The Balaban J connectivity index is 0.00000155. The third kappa shape index (κ3) is 20.6. The first-order valence-corrected chi connectivity index (χ1v) is 28.3. The van der Waals surface area contributed by atoms with Crippen LogP contribution in [0.3, 0.4) is 0 Å². The smallest absolute Gasteiger partial charge is 0.203 e. The van der Waals surface area contributed by atoms with Crippen LogP contribution in [0, 0.1) is 0 Å². The van der Waals surface area contributed by atoms with E-state index in [4.69, 9.17) is 24.2 Å². The molecule has 0 radical (unpaired) electrons. The average Bonchev–Trinajstić information content (AvgIpc) is 4.26. The van der Waals surface area contributed by atoms with Crippen LogP contribution in [0.2, 0.25) is 0 Å². The van der Waals surface area contributed by atoms with Gasteiger partial charge in [0.25, 0.3) is 0 Å². The lowest BCUT2D eigenvalue weighted by Gasteiger charge is -2.19. The Hall–Kier alpha value is -5.50. The number of fused-ring (bicyclic) bond motifs is 8. The molecule has 0 fully saturated rings.